The first-order chi connectivity index (χ1) is 20.1. The van der Waals surface area contributed by atoms with E-state index in [-0.39, 0.29) is 35.8 Å². The molecule has 0 bridgehead atoms. The smallest absolute Gasteiger partial charge is 0.243 e. The second kappa shape index (κ2) is 16.3. The van der Waals surface area contributed by atoms with Crippen molar-refractivity contribution in [1.29, 1.82) is 0 Å². The fraction of sp³-hybridized carbons (Fsp3) is 0.656. The third-order valence-electron chi connectivity index (χ3n) is 7.28. The number of amides is 5. The lowest BCUT2D eigenvalue weighted by molar-refractivity contribution is -0.135. The summed E-state index contributed by atoms with van der Waals surface area (Å²) in [6.45, 7) is 15.1. The average molecular weight is 602 g/mol. The van der Waals surface area contributed by atoms with E-state index in [2.05, 4.69) is 26.6 Å². The van der Waals surface area contributed by atoms with Crippen molar-refractivity contribution in [2.45, 2.75) is 111 Å². The van der Waals surface area contributed by atoms with E-state index in [1.54, 1.807) is 26.0 Å². The molecule has 2 rings (SSSR count). The van der Waals surface area contributed by atoms with Gasteiger partial charge in [0.25, 0.3) is 0 Å². The molecule has 1 aliphatic rings. The average Bonchev–Trinajstić information content (AvgIpc) is 2.89. The Morgan fingerprint density at radius 1 is 0.535 bits per heavy atom. The van der Waals surface area contributed by atoms with Gasteiger partial charge in [0.15, 0.2) is 0 Å². The molecule has 6 N–H and O–H groups in total. The molecule has 1 aromatic carbocycles. The third kappa shape index (κ3) is 11.5. The summed E-state index contributed by atoms with van der Waals surface area (Å²) >= 11 is 0. The number of phenols is 1. The Morgan fingerprint density at radius 2 is 0.884 bits per heavy atom. The summed E-state index contributed by atoms with van der Waals surface area (Å²) in [5.41, 5.74) is 0.678. The molecule has 0 unspecified atom stereocenters. The summed E-state index contributed by atoms with van der Waals surface area (Å²) in [6, 6.07) is 1.38. The molecule has 5 amide bonds. The van der Waals surface area contributed by atoms with E-state index in [0.29, 0.717) is 24.8 Å². The molecule has 11 nitrogen and oxygen atoms in total. The zero-order chi connectivity index (χ0) is 32.4. The Kier molecular flexibility index (Phi) is 13.5. The first-order valence-electron chi connectivity index (χ1n) is 15.4. The fourth-order valence-corrected chi connectivity index (χ4v) is 5.05. The topological polar surface area (TPSA) is 166 Å². The predicted molar refractivity (Wildman–Crippen MR) is 165 cm³/mol. The molecule has 0 aliphatic carbocycles. The molecule has 1 fully saturated rings. The zero-order valence-corrected chi connectivity index (χ0v) is 26.8. The van der Waals surface area contributed by atoms with E-state index in [9.17, 15) is 29.1 Å². The molecule has 240 valence electrons. The van der Waals surface area contributed by atoms with Crippen molar-refractivity contribution < 1.29 is 29.1 Å². The Labute approximate surface area is 255 Å². The first-order valence-corrected chi connectivity index (χ1v) is 15.4. The molecule has 1 heterocycles. The monoisotopic (exact) mass is 601 g/mol. The summed E-state index contributed by atoms with van der Waals surface area (Å²) in [6.07, 6.45) is 1.01. The van der Waals surface area contributed by atoms with Crippen LogP contribution in [0.1, 0.15) is 80.2 Å². The number of nitrogens with one attached hydrogen (secondary N) is 5. The minimum atomic E-state index is -1.08. The van der Waals surface area contributed by atoms with Crippen LogP contribution < -0.4 is 26.6 Å². The number of rotatable bonds is 9. The van der Waals surface area contributed by atoms with E-state index in [0.717, 1.165) is 0 Å². The molecule has 1 saturated heterocycles. The van der Waals surface area contributed by atoms with Gasteiger partial charge in [-0.25, -0.2) is 0 Å². The largest absolute Gasteiger partial charge is 0.508 e. The van der Waals surface area contributed by atoms with E-state index in [1.807, 2.05) is 41.5 Å². The van der Waals surface area contributed by atoms with E-state index >= 15 is 0 Å². The second-order valence-electron chi connectivity index (χ2n) is 13.2. The number of carbonyl (C=O) groups excluding carboxylic acids is 5. The minimum absolute atomic E-state index is 0.0299. The summed E-state index contributed by atoms with van der Waals surface area (Å²) in [5, 5.41) is 23.8. The second-order valence-corrected chi connectivity index (χ2v) is 13.2. The number of hydrogen-bond donors (Lipinski definition) is 6. The van der Waals surface area contributed by atoms with E-state index < -0.39 is 59.7 Å². The van der Waals surface area contributed by atoms with Crippen LogP contribution in [-0.2, 0) is 30.4 Å². The van der Waals surface area contributed by atoms with Gasteiger partial charge in [-0.1, -0.05) is 67.5 Å². The standard InChI is InChI=1S/C32H51N5O6/c1-17(2)13-23-28(39)35-26(16-21-9-11-22(38)12-10-21)30(41)34-25(15-19(5)6)31(42)37-27(20(7)8)32(43)36-24(14-18(3)4)29(40)33-23/h9-12,17-20,23-27,38H,13-16H2,1-8H3,(H,33,40)(H,34,41)(H,35,39)(H,36,43)(H,37,42)/t23-,24-,25-,26+,27-/m0/s1. The minimum Gasteiger partial charge on any atom is -0.508 e. The molecule has 43 heavy (non-hydrogen) atoms. The molecule has 0 spiro atoms. The van der Waals surface area contributed by atoms with Crippen LogP contribution in [-0.4, -0.2) is 64.9 Å². The maximum Gasteiger partial charge on any atom is 0.243 e. The number of aromatic hydroxyl groups is 1. The number of carbonyl (C=O) groups is 5. The third-order valence-corrected chi connectivity index (χ3v) is 7.28. The van der Waals surface area contributed by atoms with Gasteiger partial charge in [-0.2, -0.15) is 0 Å². The first kappa shape index (κ1) is 35.6. The quantitative estimate of drug-likeness (QED) is 0.254. The molecular formula is C32H51N5O6. The van der Waals surface area contributed by atoms with Crippen LogP contribution in [0, 0.1) is 23.7 Å². The summed E-state index contributed by atoms with van der Waals surface area (Å²) in [4.78, 5) is 68.0. The van der Waals surface area contributed by atoms with Gasteiger partial charge < -0.3 is 31.7 Å². The van der Waals surface area contributed by atoms with Crippen molar-refractivity contribution >= 4 is 29.5 Å². The predicted octanol–water partition coefficient (Wildman–Crippen LogP) is 2.17. The SMILES string of the molecule is CC(C)C[C@@H]1NC(=O)[C@H](CC(C)C)NC(=O)[C@H](C(C)C)NC(=O)[C@H](CC(C)C)NC(=O)[C@@H](Cc2ccc(O)cc2)NC1=O. The molecule has 0 aromatic heterocycles. The Balaban J connectivity index is 2.60. The van der Waals surface area contributed by atoms with Crippen molar-refractivity contribution in [3.05, 3.63) is 29.8 Å². The fourth-order valence-electron chi connectivity index (χ4n) is 5.05. The maximum atomic E-state index is 13.7. The van der Waals surface area contributed by atoms with Crippen molar-refractivity contribution in [2.75, 3.05) is 0 Å². The van der Waals surface area contributed by atoms with Gasteiger partial charge in [0.05, 0.1) is 0 Å². The zero-order valence-electron chi connectivity index (χ0n) is 26.8. The highest BCUT2D eigenvalue weighted by Gasteiger charge is 2.36. The van der Waals surface area contributed by atoms with Gasteiger partial charge in [-0.15, -0.1) is 0 Å². The number of benzene rings is 1. The van der Waals surface area contributed by atoms with Gasteiger partial charge in [0, 0.05) is 6.42 Å². The molecule has 5 atom stereocenters. The number of phenolic OH excluding ortho intramolecular Hbond substituents is 1. The summed E-state index contributed by atoms with van der Waals surface area (Å²) in [7, 11) is 0. The maximum absolute atomic E-state index is 13.7. The van der Waals surface area contributed by atoms with Gasteiger partial charge >= 0.3 is 0 Å². The normalized spacial score (nSPS) is 24.7. The highest BCUT2D eigenvalue weighted by Crippen LogP contribution is 2.15. The summed E-state index contributed by atoms with van der Waals surface area (Å²) in [5.74, 6) is -2.80. The molecule has 0 saturated carbocycles. The van der Waals surface area contributed by atoms with Crippen LogP contribution >= 0.6 is 0 Å². The van der Waals surface area contributed by atoms with Crippen LogP contribution in [0.4, 0.5) is 0 Å². The summed E-state index contributed by atoms with van der Waals surface area (Å²) < 4.78 is 0. The Morgan fingerprint density at radius 3 is 1.28 bits per heavy atom. The van der Waals surface area contributed by atoms with Crippen molar-refractivity contribution in [2.24, 2.45) is 23.7 Å². The van der Waals surface area contributed by atoms with Crippen LogP contribution in [0.25, 0.3) is 0 Å². The molecule has 1 aliphatic heterocycles. The molecule has 0 radical (unpaired) electrons. The van der Waals surface area contributed by atoms with Crippen LogP contribution in [0.15, 0.2) is 24.3 Å². The highest BCUT2D eigenvalue weighted by molar-refractivity contribution is 5.98. The van der Waals surface area contributed by atoms with Gasteiger partial charge in [0.2, 0.25) is 29.5 Å². The van der Waals surface area contributed by atoms with E-state index in [1.165, 1.54) is 12.1 Å². The van der Waals surface area contributed by atoms with Crippen molar-refractivity contribution in [3.63, 3.8) is 0 Å². The molecule has 11 heteroatoms. The van der Waals surface area contributed by atoms with Gasteiger partial charge in [0.1, 0.15) is 36.0 Å². The highest BCUT2D eigenvalue weighted by atomic mass is 16.3. The van der Waals surface area contributed by atoms with Crippen LogP contribution in [0.2, 0.25) is 0 Å². The van der Waals surface area contributed by atoms with Crippen molar-refractivity contribution in [1.82, 2.24) is 26.6 Å². The Hall–Kier alpha value is -3.63. The van der Waals surface area contributed by atoms with Gasteiger partial charge in [-0.05, 0) is 60.6 Å². The Bertz CT molecular complexity index is 1120. The molecular weight excluding hydrogens is 550 g/mol. The van der Waals surface area contributed by atoms with Crippen LogP contribution in [0.3, 0.4) is 0 Å². The molecule has 1 aromatic rings. The lowest BCUT2D eigenvalue weighted by Crippen LogP contribution is -2.59. The van der Waals surface area contributed by atoms with Crippen molar-refractivity contribution in [3.8, 4) is 5.75 Å². The van der Waals surface area contributed by atoms with Gasteiger partial charge in [-0.3, -0.25) is 24.0 Å². The van der Waals surface area contributed by atoms with E-state index in [4.69, 9.17) is 0 Å². The number of hydrogen-bond acceptors (Lipinski definition) is 6. The lowest BCUT2D eigenvalue weighted by Gasteiger charge is -2.28. The van der Waals surface area contributed by atoms with Crippen LogP contribution in [0.5, 0.6) is 5.75 Å². The lowest BCUT2D eigenvalue weighted by atomic mass is 9.98.